The van der Waals surface area contributed by atoms with Crippen molar-refractivity contribution in [3.05, 3.63) is 120 Å². The Labute approximate surface area is 244 Å². The Morgan fingerprint density at radius 3 is 1.42 bits per heavy atom. The van der Waals surface area contributed by atoms with Gasteiger partial charge in [0.15, 0.2) is 0 Å². The van der Waals surface area contributed by atoms with E-state index in [1.165, 1.54) is 0 Å². The van der Waals surface area contributed by atoms with Crippen LogP contribution >= 0.6 is 0 Å². The van der Waals surface area contributed by atoms with E-state index in [1.54, 1.807) is 24.3 Å². The van der Waals surface area contributed by atoms with E-state index in [0.717, 1.165) is 40.7 Å². The Balaban J connectivity index is 0.000000511. The van der Waals surface area contributed by atoms with Crippen molar-refractivity contribution in [2.45, 2.75) is 58.5 Å². The molecule has 0 radical (unpaired) electrons. The van der Waals surface area contributed by atoms with Gasteiger partial charge in [-0.2, -0.15) is 0 Å². The van der Waals surface area contributed by atoms with Gasteiger partial charge in [-0.3, -0.25) is 0 Å². The minimum Gasteiger partial charge on any atom is -0.672 e. The molecule has 1 fully saturated rings. The average molecular weight is 623 g/mol. The molecule has 2 atom stereocenters. The maximum atomic E-state index is 12.8. The third kappa shape index (κ3) is 8.32. The van der Waals surface area contributed by atoms with E-state index in [4.69, 9.17) is 5.73 Å². The molecule has 0 spiro atoms. The van der Waals surface area contributed by atoms with Crippen LogP contribution in [0, 0.1) is 43.9 Å². The molecule has 0 saturated heterocycles. The Hall–Kier alpha value is -1.85. The fourth-order valence-corrected chi connectivity index (χ4v) is 6.27. The minimum absolute atomic E-state index is 0. The fourth-order valence-electron chi connectivity index (χ4n) is 5.12. The third-order valence-electron chi connectivity index (χ3n) is 8.33. The second-order valence-corrected chi connectivity index (χ2v) is 12.1. The standard InChI is InChI=1S/C21H20N2O2S.C10H20.CH3.Rh/c1-16-12-14-19(15-13-16)26(24,25)23-21(18-10-6-3-7-11-18)20(22)17-8-4-2-5-9-17;1-6-7(2)9(4)10(5)8(6)3;;/h2-15,20-22H,1H3;6-10H,1-5H3;1H3;/q-2;;-1;+3/t20-,21-;;;/m0.../s1. The van der Waals surface area contributed by atoms with Gasteiger partial charge in [0.25, 0.3) is 0 Å². The van der Waals surface area contributed by atoms with Gasteiger partial charge in [-0.05, 0) is 48.6 Å². The normalized spacial score (nSPS) is 24.1. The van der Waals surface area contributed by atoms with E-state index >= 15 is 0 Å². The van der Waals surface area contributed by atoms with Crippen LogP contribution in [0.4, 0.5) is 0 Å². The van der Waals surface area contributed by atoms with Crippen molar-refractivity contribution in [3.8, 4) is 0 Å². The van der Waals surface area contributed by atoms with E-state index in [1.807, 2.05) is 67.6 Å². The Morgan fingerprint density at radius 2 is 1.03 bits per heavy atom. The van der Waals surface area contributed by atoms with Gasteiger partial charge >= 0.3 is 19.5 Å². The van der Waals surface area contributed by atoms with Gasteiger partial charge in [0.05, 0.1) is 0 Å². The maximum Gasteiger partial charge on any atom is 3.00 e. The molecule has 208 valence electrons. The molecular weight excluding hydrogens is 579 g/mol. The number of rotatable bonds is 6. The molecule has 0 amide bonds. The third-order valence-corrected chi connectivity index (χ3v) is 9.71. The van der Waals surface area contributed by atoms with E-state index in [2.05, 4.69) is 39.3 Å². The van der Waals surface area contributed by atoms with Gasteiger partial charge in [0, 0.05) is 4.90 Å². The summed E-state index contributed by atoms with van der Waals surface area (Å²) in [5.74, 6) is 4.68. The number of hydrogen-bond donors (Lipinski definition) is 0. The second kappa shape index (κ2) is 15.1. The Bertz CT molecular complexity index is 1140. The quantitative estimate of drug-likeness (QED) is 0.203. The first kappa shape index (κ1) is 34.2. The summed E-state index contributed by atoms with van der Waals surface area (Å²) in [4.78, 5) is 0.143. The maximum absolute atomic E-state index is 12.8. The largest absolute Gasteiger partial charge is 3.00 e. The van der Waals surface area contributed by atoms with E-state index in [9.17, 15) is 8.42 Å². The fraction of sp³-hybridized carbons (Fsp3) is 0.406. The summed E-state index contributed by atoms with van der Waals surface area (Å²) in [6.07, 6.45) is 0. The summed E-state index contributed by atoms with van der Waals surface area (Å²) < 4.78 is 29.8. The van der Waals surface area contributed by atoms with Crippen molar-refractivity contribution in [1.29, 1.82) is 0 Å². The predicted octanol–water partition coefficient (Wildman–Crippen LogP) is 9.22. The number of benzene rings is 3. The summed E-state index contributed by atoms with van der Waals surface area (Å²) in [6.45, 7) is 13.9. The first-order valence-electron chi connectivity index (χ1n) is 12.9. The van der Waals surface area contributed by atoms with Crippen LogP contribution < -0.4 is 0 Å². The Kier molecular flexibility index (Phi) is 13.6. The van der Waals surface area contributed by atoms with Crippen molar-refractivity contribution in [3.63, 3.8) is 0 Å². The number of nitrogens with one attached hydrogen (secondary N) is 1. The summed E-state index contributed by atoms with van der Waals surface area (Å²) in [6, 6.07) is 23.3. The molecule has 1 N–H and O–H groups in total. The zero-order valence-corrected chi connectivity index (χ0v) is 26.1. The molecule has 1 aliphatic rings. The SMILES string of the molecule is CC1C(C)C(C)C(C)C1C.Cc1ccc(S(=O)(=O)[N-][C@@H](c2ccccc2)[C@@H]([NH-])c2ccccc2)cc1.[CH3-].[Rh+3]. The van der Waals surface area contributed by atoms with Gasteiger partial charge in [0.1, 0.15) is 10.0 Å². The summed E-state index contributed by atoms with van der Waals surface area (Å²) in [5, 5.41) is 0. The van der Waals surface area contributed by atoms with Gasteiger partial charge in [-0.1, -0.05) is 124 Å². The van der Waals surface area contributed by atoms with Crippen LogP contribution in [-0.4, -0.2) is 8.42 Å². The number of sulfonamides is 1. The van der Waals surface area contributed by atoms with Crippen molar-refractivity contribution in [2.75, 3.05) is 0 Å². The monoisotopic (exact) mass is 622 g/mol. The van der Waals surface area contributed by atoms with Crippen LogP contribution in [0.25, 0.3) is 10.5 Å². The zero-order chi connectivity index (χ0) is 26.5. The van der Waals surface area contributed by atoms with Crippen LogP contribution in [0.2, 0.25) is 0 Å². The van der Waals surface area contributed by atoms with Crippen molar-refractivity contribution in [2.24, 2.45) is 29.6 Å². The number of nitrogens with zero attached hydrogens (tertiary/aromatic N) is 1. The topological polar surface area (TPSA) is 72.0 Å². The Morgan fingerprint density at radius 1 is 0.658 bits per heavy atom. The summed E-state index contributed by atoms with van der Waals surface area (Å²) >= 11 is 0. The zero-order valence-electron chi connectivity index (χ0n) is 23.6. The molecule has 0 aliphatic heterocycles. The summed E-state index contributed by atoms with van der Waals surface area (Å²) in [7, 11) is -3.87. The first-order valence-corrected chi connectivity index (χ1v) is 14.3. The van der Waals surface area contributed by atoms with Crippen LogP contribution in [0.3, 0.4) is 0 Å². The molecule has 38 heavy (non-hydrogen) atoms. The molecule has 6 heteroatoms. The molecule has 3 aromatic carbocycles. The van der Waals surface area contributed by atoms with E-state index in [-0.39, 0.29) is 31.8 Å². The van der Waals surface area contributed by atoms with Gasteiger partial charge in [0.2, 0.25) is 0 Å². The second-order valence-electron chi connectivity index (χ2n) is 10.4. The van der Waals surface area contributed by atoms with E-state index in [0.29, 0.717) is 5.56 Å². The molecule has 4 rings (SSSR count). The first-order chi connectivity index (χ1) is 17.0. The molecule has 0 aromatic heterocycles. The molecule has 0 bridgehead atoms. The predicted molar refractivity (Wildman–Crippen MR) is 157 cm³/mol. The van der Waals surface area contributed by atoms with Crippen molar-refractivity contribution < 1.29 is 27.9 Å². The molecular formula is C32H43N2O2RhS. The number of hydrogen-bond acceptors (Lipinski definition) is 2. The molecule has 0 unspecified atom stereocenters. The molecule has 4 nitrogen and oxygen atoms in total. The van der Waals surface area contributed by atoms with Gasteiger partial charge in [-0.25, -0.2) is 8.42 Å². The number of aryl methyl sites for hydroxylation is 1. The van der Waals surface area contributed by atoms with Crippen LogP contribution in [0.15, 0.2) is 89.8 Å². The minimum atomic E-state index is -3.87. The van der Waals surface area contributed by atoms with Crippen molar-refractivity contribution in [1.82, 2.24) is 0 Å². The molecule has 0 heterocycles. The van der Waals surface area contributed by atoms with Crippen molar-refractivity contribution >= 4 is 10.0 Å². The average Bonchev–Trinajstić information content (AvgIpc) is 3.06. The van der Waals surface area contributed by atoms with Crippen LogP contribution in [0.5, 0.6) is 0 Å². The molecule has 1 saturated carbocycles. The smallest absolute Gasteiger partial charge is 0.672 e. The van der Waals surface area contributed by atoms with Crippen LogP contribution in [-0.2, 0) is 29.5 Å². The summed E-state index contributed by atoms with van der Waals surface area (Å²) in [5.41, 5.74) is 11.0. The van der Waals surface area contributed by atoms with Gasteiger partial charge < -0.3 is 17.9 Å². The van der Waals surface area contributed by atoms with Crippen LogP contribution in [0.1, 0.15) is 63.4 Å². The van der Waals surface area contributed by atoms with Gasteiger partial charge in [-0.15, -0.1) is 12.1 Å². The molecule has 1 aliphatic carbocycles. The van der Waals surface area contributed by atoms with E-state index < -0.39 is 22.1 Å². The molecule has 3 aromatic rings.